The molecule has 1 aliphatic rings. The molecule has 7 atom stereocenters. The Bertz CT molecular complexity index is 751. The van der Waals surface area contributed by atoms with Crippen molar-refractivity contribution in [2.75, 3.05) is 13.2 Å². The van der Waals surface area contributed by atoms with Crippen molar-refractivity contribution in [3.05, 3.63) is 12.2 Å². The molecule has 1 amide bonds. The highest BCUT2D eigenvalue weighted by Gasteiger charge is 2.44. The molecular weight excluding hydrogens is 598 g/mol. The zero-order chi connectivity index (χ0) is 34.5. The van der Waals surface area contributed by atoms with E-state index in [0.717, 1.165) is 19.3 Å². The molecule has 278 valence electrons. The number of aliphatic hydroxyl groups is 5. The van der Waals surface area contributed by atoms with E-state index < -0.39 is 49.5 Å². The molecule has 9 heteroatoms. The maximum absolute atomic E-state index is 11.7. The van der Waals surface area contributed by atoms with Gasteiger partial charge in [-0.25, -0.2) is 0 Å². The number of nitrogens with one attached hydrogen (secondary N) is 1. The minimum atomic E-state index is -1.56. The molecule has 1 heterocycles. The van der Waals surface area contributed by atoms with E-state index in [1.807, 2.05) is 6.08 Å². The molecule has 0 aromatic carbocycles. The number of hydrogen-bond donors (Lipinski definition) is 6. The molecule has 0 spiro atoms. The lowest BCUT2D eigenvalue weighted by molar-refractivity contribution is -0.302. The third kappa shape index (κ3) is 22.3. The number of carbonyl (C=O) groups excluding carboxylic acids is 1. The maximum atomic E-state index is 11.7. The number of aliphatic hydroxyl groups excluding tert-OH is 5. The summed E-state index contributed by atoms with van der Waals surface area (Å²) in [5, 5.41) is 52.6. The van der Waals surface area contributed by atoms with Crippen LogP contribution in [0.5, 0.6) is 0 Å². The Kier molecular flexibility index (Phi) is 27.9. The molecular formula is C38H73NO8. The predicted molar refractivity (Wildman–Crippen MR) is 189 cm³/mol. The minimum Gasteiger partial charge on any atom is -0.394 e. The van der Waals surface area contributed by atoms with Crippen LogP contribution in [0.2, 0.25) is 0 Å². The van der Waals surface area contributed by atoms with Gasteiger partial charge in [-0.1, -0.05) is 160 Å². The number of unbranched alkanes of at least 4 members (excludes halogenated alkanes) is 23. The smallest absolute Gasteiger partial charge is 0.217 e. The highest BCUT2D eigenvalue weighted by molar-refractivity contribution is 5.73. The number of ether oxygens (including phenoxy) is 2. The maximum Gasteiger partial charge on any atom is 0.217 e. The first kappa shape index (κ1) is 44.0. The van der Waals surface area contributed by atoms with E-state index in [2.05, 4.69) is 12.2 Å². The van der Waals surface area contributed by atoms with Crippen molar-refractivity contribution in [2.24, 2.45) is 0 Å². The number of hydrogen-bond acceptors (Lipinski definition) is 8. The fraction of sp³-hybridized carbons (Fsp3) is 0.921. The molecule has 47 heavy (non-hydrogen) atoms. The summed E-state index contributed by atoms with van der Waals surface area (Å²) >= 11 is 0. The molecule has 7 unspecified atom stereocenters. The Morgan fingerprint density at radius 3 is 1.53 bits per heavy atom. The number of rotatable bonds is 31. The average Bonchev–Trinajstić information content (AvgIpc) is 3.06. The highest BCUT2D eigenvalue weighted by atomic mass is 16.7. The van der Waals surface area contributed by atoms with Gasteiger partial charge in [0, 0.05) is 6.92 Å². The Balaban J connectivity index is 1.99. The summed E-state index contributed by atoms with van der Waals surface area (Å²) in [7, 11) is 0. The molecule has 1 saturated heterocycles. The second kappa shape index (κ2) is 29.8. The molecule has 0 saturated carbocycles. The number of amides is 1. The summed E-state index contributed by atoms with van der Waals surface area (Å²) in [4.78, 5) is 11.7. The van der Waals surface area contributed by atoms with E-state index in [-0.39, 0.29) is 12.5 Å². The van der Waals surface area contributed by atoms with Crippen molar-refractivity contribution in [1.82, 2.24) is 5.32 Å². The second-order valence-electron chi connectivity index (χ2n) is 13.8. The normalized spacial score (nSPS) is 22.9. The van der Waals surface area contributed by atoms with E-state index in [4.69, 9.17) is 9.47 Å². The van der Waals surface area contributed by atoms with Crippen molar-refractivity contribution >= 4 is 5.91 Å². The monoisotopic (exact) mass is 672 g/mol. The Labute approximate surface area is 286 Å². The lowest BCUT2D eigenvalue weighted by atomic mass is 9.99. The van der Waals surface area contributed by atoms with Crippen LogP contribution in [0.1, 0.15) is 168 Å². The van der Waals surface area contributed by atoms with Gasteiger partial charge in [0.1, 0.15) is 24.4 Å². The SMILES string of the molecule is CCCCCCCCCCCCCCCCCCCCCCCCC/C=C/C(O)C(COC1OC(CO)C(O)C(O)C1O)NC(C)=O. The lowest BCUT2D eigenvalue weighted by Crippen LogP contribution is -2.60. The van der Waals surface area contributed by atoms with Crippen LogP contribution < -0.4 is 5.32 Å². The van der Waals surface area contributed by atoms with E-state index in [0.29, 0.717) is 0 Å². The van der Waals surface area contributed by atoms with Gasteiger partial charge in [-0.3, -0.25) is 4.79 Å². The van der Waals surface area contributed by atoms with Crippen molar-refractivity contribution in [2.45, 2.75) is 211 Å². The lowest BCUT2D eigenvalue weighted by Gasteiger charge is -2.40. The van der Waals surface area contributed by atoms with Gasteiger partial charge >= 0.3 is 0 Å². The fourth-order valence-corrected chi connectivity index (χ4v) is 6.31. The zero-order valence-corrected chi connectivity index (χ0v) is 30.0. The second-order valence-corrected chi connectivity index (χ2v) is 13.8. The summed E-state index contributed by atoms with van der Waals surface area (Å²) < 4.78 is 10.9. The van der Waals surface area contributed by atoms with Crippen LogP contribution in [0.15, 0.2) is 12.2 Å². The first-order valence-corrected chi connectivity index (χ1v) is 19.4. The van der Waals surface area contributed by atoms with Gasteiger partial charge in [0.2, 0.25) is 5.91 Å². The minimum absolute atomic E-state index is 0.201. The van der Waals surface area contributed by atoms with Gasteiger partial charge in [-0.05, 0) is 12.8 Å². The number of carbonyl (C=O) groups is 1. The van der Waals surface area contributed by atoms with Gasteiger partial charge in [-0.2, -0.15) is 0 Å². The van der Waals surface area contributed by atoms with Crippen LogP contribution in [0.4, 0.5) is 0 Å². The molecule has 0 bridgehead atoms. The van der Waals surface area contributed by atoms with Crippen LogP contribution in [0, 0.1) is 0 Å². The van der Waals surface area contributed by atoms with Gasteiger partial charge in [-0.15, -0.1) is 0 Å². The van der Waals surface area contributed by atoms with Crippen molar-refractivity contribution in [1.29, 1.82) is 0 Å². The predicted octanol–water partition coefficient (Wildman–Crippen LogP) is 6.61. The molecule has 1 aliphatic heterocycles. The van der Waals surface area contributed by atoms with Gasteiger partial charge in [0.05, 0.1) is 25.4 Å². The zero-order valence-electron chi connectivity index (χ0n) is 30.0. The van der Waals surface area contributed by atoms with Crippen LogP contribution in [0.3, 0.4) is 0 Å². The van der Waals surface area contributed by atoms with E-state index in [1.54, 1.807) is 6.08 Å². The van der Waals surface area contributed by atoms with E-state index in [1.165, 1.54) is 142 Å². The summed E-state index contributed by atoms with van der Waals surface area (Å²) in [5.41, 5.74) is 0. The van der Waals surface area contributed by atoms with Gasteiger partial charge in [0.15, 0.2) is 6.29 Å². The summed E-state index contributed by atoms with van der Waals surface area (Å²) in [5.74, 6) is -0.352. The van der Waals surface area contributed by atoms with Crippen molar-refractivity contribution in [3.63, 3.8) is 0 Å². The molecule has 1 fully saturated rings. The first-order chi connectivity index (χ1) is 22.8. The van der Waals surface area contributed by atoms with E-state index >= 15 is 0 Å². The van der Waals surface area contributed by atoms with Gasteiger partial charge in [0.25, 0.3) is 0 Å². The average molecular weight is 672 g/mol. The molecule has 0 aliphatic carbocycles. The van der Waals surface area contributed by atoms with E-state index in [9.17, 15) is 30.3 Å². The van der Waals surface area contributed by atoms with Gasteiger partial charge < -0.3 is 40.3 Å². The van der Waals surface area contributed by atoms with Crippen LogP contribution in [-0.2, 0) is 14.3 Å². The Morgan fingerprint density at radius 2 is 1.13 bits per heavy atom. The molecule has 0 aromatic heterocycles. The molecule has 0 aromatic rings. The largest absolute Gasteiger partial charge is 0.394 e. The van der Waals surface area contributed by atoms with Crippen LogP contribution >= 0.6 is 0 Å². The van der Waals surface area contributed by atoms with Crippen molar-refractivity contribution in [3.8, 4) is 0 Å². The molecule has 0 radical (unpaired) electrons. The highest BCUT2D eigenvalue weighted by Crippen LogP contribution is 2.22. The molecule has 6 N–H and O–H groups in total. The van der Waals surface area contributed by atoms with Crippen molar-refractivity contribution < 1.29 is 39.8 Å². The fourth-order valence-electron chi connectivity index (χ4n) is 6.31. The quantitative estimate of drug-likeness (QED) is 0.0357. The molecule has 9 nitrogen and oxygen atoms in total. The number of allylic oxidation sites excluding steroid dienone is 1. The third-order valence-corrected chi connectivity index (χ3v) is 9.40. The summed E-state index contributed by atoms with van der Waals surface area (Å²) in [6, 6.07) is -0.800. The molecule has 1 rings (SSSR count). The van der Waals surface area contributed by atoms with Crippen LogP contribution in [0.25, 0.3) is 0 Å². The van der Waals surface area contributed by atoms with Crippen LogP contribution in [-0.4, -0.2) is 87.5 Å². The summed E-state index contributed by atoms with van der Waals surface area (Å²) in [6.45, 7) is 2.85. The third-order valence-electron chi connectivity index (χ3n) is 9.40. The standard InChI is InChI=1S/C38H73NO8/c1-3-4-5-6-7-8-9-10-11-12-13-14-15-16-17-18-19-20-21-22-23-24-25-26-27-28-33(42)32(39-31(2)41)30-46-38-37(45)36(44)35(43)34(29-40)47-38/h27-28,32-38,40,42-45H,3-26,29-30H2,1-2H3,(H,39,41)/b28-27+. The summed E-state index contributed by atoms with van der Waals surface area (Å²) in [6.07, 6.45) is 27.7. The topological polar surface area (TPSA) is 149 Å². The Morgan fingerprint density at radius 1 is 0.702 bits per heavy atom. The first-order valence-electron chi connectivity index (χ1n) is 19.4. The Hall–Kier alpha value is -1.07.